The minimum absolute atomic E-state index is 0.0281. The number of anilines is 1. The van der Waals surface area contributed by atoms with Crippen LogP contribution in [0.2, 0.25) is 5.02 Å². The van der Waals surface area contributed by atoms with E-state index in [1.54, 1.807) is 57.2 Å². The number of sulfone groups is 1. The van der Waals surface area contributed by atoms with Crippen molar-refractivity contribution >= 4 is 33.0 Å². The minimum atomic E-state index is -3.27. The number of nitrogens with one attached hydrogen (secondary N) is 1. The van der Waals surface area contributed by atoms with Crippen LogP contribution < -0.4 is 10.1 Å². The third kappa shape index (κ3) is 7.57. The first-order valence-electron chi connectivity index (χ1n) is 10.9. The first-order chi connectivity index (χ1) is 16.5. The largest absolute Gasteiger partial charge is 0.474 e. The highest BCUT2D eigenvalue weighted by atomic mass is 35.5. The van der Waals surface area contributed by atoms with Gasteiger partial charge in [0, 0.05) is 11.3 Å². The van der Waals surface area contributed by atoms with Gasteiger partial charge in [-0.3, -0.25) is 4.79 Å². The summed E-state index contributed by atoms with van der Waals surface area (Å²) in [6.45, 7) is 5.14. The van der Waals surface area contributed by atoms with Gasteiger partial charge in [0.05, 0.1) is 22.1 Å². The van der Waals surface area contributed by atoms with Crippen LogP contribution in [-0.2, 0) is 21.1 Å². The summed E-state index contributed by atoms with van der Waals surface area (Å²) in [4.78, 5) is 12.6. The van der Waals surface area contributed by atoms with Crippen LogP contribution in [0.5, 0.6) is 5.75 Å². The highest BCUT2D eigenvalue weighted by Crippen LogP contribution is 2.28. The Kier molecular flexibility index (Phi) is 8.21. The molecule has 35 heavy (non-hydrogen) atoms. The Hall–Kier alpha value is -3.34. The standard InChI is InChI=1S/C27H25ClFNO4S/c1-4-35(32,33)23-12-7-20(8-13-23)17-26(31)30-22-10-5-19(6-11-22)15-16-27(2,3)34-25-14-9-21(29)18-24(25)28/h5-14,18H,4,17H2,1-3H3,(H,30,31). The fraction of sp³-hybridized carbons (Fsp3) is 0.222. The third-order valence-electron chi connectivity index (χ3n) is 4.96. The maximum Gasteiger partial charge on any atom is 0.228 e. The SMILES string of the molecule is CCS(=O)(=O)c1ccc(CC(=O)Nc2ccc(C#CC(C)(C)Oc3ccc(F)cc3Cl)cc2)cc1. The van der Waals surface area contributed by atoms with Crippen LogP contribution in [0.4, 0.5) is 10.1 Å². The molecule has 8 heteroatoms. The van der Waals surface area contributed by atoms with Gasteiger partial charge >= 0.3 is 0 Å². The van der Waals surface area contributed by atoms with Gasteiger partial charge in [0.15, 0.2) is 15.4 Å². The number of carbonyl (C=O) groups excluding carboxylic acids is 1. The first-order valence-corrected chi connectivity index (χ1v) is 12.9. The van der Waals surface area contributed by atoms with Crippen molar-refractivity contribution in [1.29, 1.82) is 0 Å². The van der Waals surface area contributed by atoms with Crippen LogP contribution in [0.1, 0.15) is 31.9 Å². The Bertz CT molecular complexity index is 1370. The highest BCUT2D eigenvalue weighted by Gasteiger charge is 2.18. The zero-order valence-corrected chi connectivity index (χ0v) is 21.1. The van der Waals surface area contributed by atoms with Crippen molar-refractivity contribution in [3.05, 3.63) is 88.7 Å². The molecule has 0 aromatic heterocycles. The lowest BCUT2D eigenvalue weighted by molar-refractivity contribution is -0.115. The Labute approximate surface area is 210 Å². The number of rotatable bonds is 7. The molecular weight excluding hydrogens is 489 g/mol. The van der Waals surface area contributed by atoms with Crippen LogP contribution in [0.25, 0.3) is 0 Å². The predicted molar refractivity (Wildman–Crippen MR) is 136 cm³/mol. The zero-order valence-electron chi connectivity index (χ0n) is 19.6. The average Bonchev–Trinajstić information content (AvgIpc) is 2.81. The average molecular weight is 514 g/mol. The molecule has 0 heterocycles. The second-order valence-electron chi connectivity index (χ2n) is 8.29. The molecule has 0 spiro atoms. The van der Waals surface area contributed by atoms with E-state index in [1.165, 1.54) is 30.3 Å². The number of benzene rings is 3. The van der Waals surface area contributed by atoms with Gasteiger partial charge in [-0.2, -0.15) is 0 Å². The molecule has 182 valence electrons. The van der Waals surface area contributed by atoms with Crippen molar-refractivity contribution in [1.82, 2.24) is 0 Å². The van der Waals surface area contributed by atoms with E-state index in [2.05, 4.69) is 17.2 Å². The summed E-state index contributed by atoms with van der Waals surface area (Å²) < 4.78 is 42.8. The van der Waals surface area contributed by atoms with E-state index in [-0.39, 0.29) is 28.0 Å². The Balaban J connectivity index is 1.59. The molecule has 5 nitrogen and oxygen atoms in total. The molecule has 0 saturated heterocycles. The maximum atomic E-state index is 13.2. The molecule has 1 amide bonds. The summed E-state index contributed by atoms with van der Waals surface area (Å²) >= 11 is 6.02. The molecule has 0 aliphatic rings. The van der Waals surface area contributed by atoms with Crippen molar-refractivity contribution in [2.75, 3.05) is 11.1 Å². The van der Waals surface area contributed by atoms with Gasteiger partial charge in [-0.15, -0.1) is 0 Å². The molecule has 0 fully saturated rings. The summed E-state index contributed by atoms with van der Waals surface area (Å²) in [6.07, 6.45) is 0.117. The van der Waals surface area contributed by atoms with Gasteiger partial charge in [-0.05, 0) is 74.0 Å². The molecule has 0 aliphatic carbocycles. The zero-order chi connectivity index (χ0) is 25.6. The molecule has 0 aliphatic heterocycles. The molecule has 3 rings (SSSR count). The third-order valence-corrected chi connectivity index (χ3v) is 7.01. The van der Waals surface area contributed by atoms with Crippen LogP contribution in [0.15, 0.2) is 71.6 Å². The Morgan fingerprint density at radius 2 is 1.71 bits per heavy atom. The number of hydrogen-bond acceptors (Lipinski definition) is 4. The molecule has 3 aromatic carbocycles. The van der Waals surface area contributed by atoms with E-state index in [4.69, 9.17) is 16.3 Å². The second kappa shape index (κ2) is 10.9. The predicted octanol–water partition coefficient (Wildman–Crippen LogP) is 5.66. The summed E-state index contributed by atoms with van der Waals surface area (Å²) in [5.74, 6) is 5.75. The van der Waals surface area contributed by atoms with Gasteiger partial charge < -0.3 is 10.1 Å². The quantitative estimate of drug-likeness (QED) is 0.413. The van der Waals surface area contributed by atoms with E-state index in [0.717, 1.165) is 5.56 Å². The van der Waals surface area contributed by atoms with Crippen molar-refractivity contribution in [2.24, 2.45) is 0 Å². The smallest absolute Gasteiger partial charge is 0.228 e. The lowest BCUT2D eigenvalue weighted by atomic mass is 10.1. The van der Waals surface area contributed by atoms with Crippen molar-refractivity contribution in [3.8, 4) is 17.6 Å². The number of halogens is 2. The van der Waals surface area contributed by atoms with Crippen molar-refractivity contribution < 1.29 is 22.3 Å². The topological polar surface area (TPSA) is 72.5 Å². The Morgan fingerprint density at radius 1 is 1.06 bits per heavy atom. The van der Waals surface area contributed by atoms with Gasteiger partial charge in [0.25, 0.3) is 0 Å². The van der Waals surface area contributed by atoms with E-state index < -0.39 is 21.3 Å². The fourth-order valence-electron chi connectivity index (χ4n) is 3.09. The van der Waals surface area contributed by atoms with Crippen LogP contribution in [0, 0.1) is 17.7 Å². The van der Waals surface area contributed by atoms with Gasteiger partial charge in [-0.1, -0.05) is 42.5 Å². The molecule has 3 aromatic rings. The lowest BCUT2D eigenvalue weighted by Gasteiger charge is -2.21. The fourth-order valence-corrected chi connectivity index (χ4v) is 4.18. The number of carbonyl (C=O) groups is 1. The summed E-state index contributed by atoms with van der Waals surface area (Å²) in [7, 11) is -3.27. The summed E-state index contributed by atoms with van der Waals surface area (Å²) in [5, 5.41) is 2.98. The minimum Gasteiger partial charge on any atom is -0.474 e. The molecule has 0 radical (unpaired) electrons. The van der Waals surface area contributed by atoms with E-state index >= 15 is 0 Å². The van der Waals surface area contributed by atoms with Gasteiger partial charge in [-0.25, -0.2) is 12.8 Å². The molecule has 1 N–H and O–H groups in total. The molecular formula is C27H25ClFNO4S. The maximum absolute atomic E-state index is 13.2. The molecule has 0 atom stereocenters. The van der Waals surface area contributed by atoms with Gasteiger partial charge in [0.2, 0.25) is 5.91 Å². The number of amides is 1. The lowest BCUT2D eigenvalue weighted by Crippen LogP contribution is -2.26. The van der Waals surface area contributed by atoms with Crippen LogP contribution >= 0.6 is 11.6 Å². The monoisotopic (exact) mass is 513 g/mol. The number of hydrogen-bond donors (Lipinski definition) is 1. The first kappa shape index (κ1) is 26.3. The number of ether oxygens (including phenoxy) is 1. The Morgan fingerprint density at radius 3 is 2.31 bits per heavy atom. The second-order valence-corrected chi connectivity index (χ2v) is 11.0. The summed E-state index contributed by atoms with van der Waals surface area (Å²) in [5.41, 5.74) is 1.17. The van der Waals surface area contributed by atoms with Gasteiger partial charge in [0.1, 0.15) is 11.6 Å². The van der Waals surface area contributed by atoms with E-state index in [1.807, 2.05) is 0 Å². The van der Waals surface area contributed by atoms with Crippen molar-refractivity contribution in [3.63, 3.8) is 0 Å². The summed E-state index contributed by atoms with van der Waals surface area (Å²) in [6, 6.07) is 17.2. The van der Waals surface area contributed by atoms with Crippen LogP contribution in [-0.4, -0.2) is 25.7 Å². The highest BCUT2D eigenvalue weighted by molar-refractivity contribution is 7.91. The van der Waals surface area contributed by atoms with Crippen molar-refractivity contribution in [2.45, 2.75) is 37.7 Å². The molecule has 0 unspecified atom stereocenters. The normalized spacial score (nSPS) is 11.3. The van der Waals surface area contributed by atoms with E-state index in [0.29, 0.717) is 17.0 Å². The van der Waals surface area contributed by atoms with Crippen LogP contribution in [0.3, 0.4) is 0 Å². The molecule has 0 saturated carbocycles. The molecule has 0 bridgehead atoms. The van der Waals surface area contributed by atoms with E-state index in [9.17, 15) is 17.6 Å².